The predicted molar refractivity (Wildman–Crippen MR) is 89.9 cm³/mol. The molecule has 0 fully saturated rings. The number of aromatic nitrogens is 1. The zero-order chi connectivity index (χ0) is 16.5. The van der Waals surface area contributed by atoms with Crippen LogP contribution in [0.3, 0.4) is 0 Å². The van der Waals surface area contributed by atoms with Crippen LogP contribution in [0, 0.1) is 0 Å². The lowest BCUT2D eigenvalue weighted by Gasteiger charge is -2.25. The van der Waals surface area contributed by atoms with Gasteiger partial charge in [0.2, 0.25) is 0 Å². The molecule has 1 aromatic heterocycles. The lowest BCUT2D eigenvalue weighted by molar-refractivity contribution is 0.145. The third kappa shape index (κ3) is 5.38. The Bertz CT molecular complexity index is 590. The summed E-state index contributed by atoms with van der Waals surface area (Å²) >= 11 is 0. The van der Waals surface area contributed by atoms with Gasteiger partial charge in [0.1, 0.15) is 0 Å². The van der Waals surface area contributed by atoms with Gasteiger partial charge in [0.25, 0.3) is 0 Å². The van der Waals surface area contributed by atoms with E-state index < -0.39 is 0 Å². The van der Waals surface area contributed by atoms with Gasteiger partial charge in [0.15, 0.2) is 0 Å². The van der Waals surface area contributed by atoms with Crippen molar-refractivity contribution in [3.8, 4) is 0 Å². The van der Waals surface area contributed by atoms with Gasteiger partial charge in [-0.3, -0.25) is 4.98 Å². The van der Waals surface area contributed by atoms with Gasteiger partial charge in [0, 0.05) is 32.6 Å². The highest BCUT2D eigenvalue weighted by Crippen LogP contribution is 2.12. The van der Waals surface area contributed by atoms with Crippen LogP contribution in [-0.2, 0) is 11.3 Å². The molecule has 0 saturated carbocycles. The van der Waals surface area contributed by atoms with Gasteiger partial charge in [0.05, 0.1) is 12.6 Å². The van der Waals surface area contributed by atoms with Crippen molar-refractivity contribution in [1.82, 2.24) is 15.2 Å². The normalized spacial score (nSPS) is 11.7. The monoisotopic (exact) mass is 313 g/mol. The number of hydrogen-bond donors (Lipinski definition) is 1. The zero-order valence-corrected chi connectivity index (χ0v) is 13.6. The molecular formula is C18H23N3O2. The summed E-state index contributed by atoms with van der Waals surface area (Å²) in [4.78, 5) is 18.3. The van der Waals surface area contributed by atoms with Crippen LogP contribution < -0.4 is 5.32 Å². The fraction of sp³-hybridized carbons (Fsp3) is 0.333. The summed E-state index contributed by atoms with van der Waals surface area (Å²) in [6, 6.07) is 13.6. The molecule has 122 valence electrons. The molecular weight excluding hydrogens is 290 g/mol. The smallest absolute Gasteiger partial charge is 0.318 e. The Morgan fingerprint density at radius 3 is 2.57 bits per heavy atom. The number of pyridine rings is 1. The Hall–Kier alpha value is -2.40. The molecule has 23 heavy (non-hydrogen) atoms. The number of hydrogen-bond acceptors (Lipinski definition) is 3. The molecule has 0 bridgehead atoms. The topological polar surface area (TPSA) is 54.5 Å². The highest BCUT2D eigenvalue weighted by molar-refractivity contribution is 5.74. The number of nitrogens with zero attached hydrogens (tertiary/aromatic N) is 2. The van der Waals surface area contributed by atoms with Gasteiger partial charge in [-0.15, -0.1) is 0 Å². The fourth-order valence-electron chi connectivity index (χ4n) is 2.27. The van der Waals surface area contributed by atoms with E-state index in [9.17, 15) is 4.79 Å². The van der Waals surface area contributed by atoms with Crippen LogP contribution in [0.2, 0.25) is 0 Å². The first-order valence-corrected chi connectivity index (χ1v) is 7.69. The Morgan fingerprint density at radius 2 is 1.91 bits per heavy atom. The number of ether oxygens (including phenoxy) is 1. The molecule has 1 atom stereocenters. The number of urea groups is 1. The molecule has 2 rings (SSSR count). The van der Waals surface area contributed by atoms with Crippen molar-refractivity contribution in [1.29, 1.82) is 0 Å². The van der Waals surface area contributed by atoms with Crippen molar-refractivity contribution in [2.75, 3.05) is 20.3 Å². The Morgan fingerprint density at radius 1 is 1.22 bits per heavy atom. The second kappa shape index (κ2) is 8.90. The van der Waals surface area contributed by atoms with Gasteiger partial charge in [-0.05, 0) is 30.2 Å². The van der Waals surface area contributed by atoms with E-state index in [4.69, 9.17) is 4.74 Å². The first-order valence-electron chi connectivity index (χ1n) is 7.69. The highest BCUT2D eigenvalue weighted by atomic mass is 16.5. The van der Waals surface area contributed by atoms with Gasteiger partial charge in [-0.25, -0.2) is 4.79 Å². The maximum Gasteiger partial charge on any atom is 0.318 e. The van der Waals surface area contributed by atoms with E-state index in [-0.39, 0.29) is 12.1 Å². The van der Waals surface area contributed by atoms with Crippen molar-refractivity contribution in [2.45, 2.75) is 19.5 Å². The van der Waals surface area contributed by atoms with Crippen LogP contribution in [0.1, 0.15) is 24.1 Å². The molecule has 0 saturated heterocycles. The second-order valence-corrected chi connectivity index (χ2v) is 5.35. The maximum atomic E-state index is 12.6. The van der Waals surface area contributed by atoms with Crippen LogP contribution in [0.25, 0.3) is 0 Å². The SMILES string of the molecule is COCCN(Cc1ccccc1)C(=O)NC(C)c1ccncc1. The van der Waals surface area contributed by atoms with Crippen molar-refractivity contribution in [3.05, 3.63) is 66.0 Å². The van der Waals surface area contributed by atoms with Crippen LogP contribution in [0.15, 0.2) is 54.9 Å². The molecule has 2 aromatic rings. The quantitative estimate of drug-likeness (QED) is 0.855. The Kier molecular flexibility index (Phi) is 6.56. The van der Waals surface area contributed by atoms with Gasteiger partial charge >= 0.3 is 6.03 Å². The average Bonchev–Trinajstić information content (AvgIpc) is 2.60. The summed E-state index contributed by atoms with van der Waals surface area (Å²) in [5, 5.41) is 3.03. The van der Waals surface area contributed by atoms with Crippen LogP contribution in [-0.4, -0.2) is 36.2 Å². The first kappa shape index (κ1) is 17.0. The molecule has 1 aromatic carbocycles. The largest absolute Gasteiger partial charge is 0.383 e. The molecule has 0 aliphatic rings. The molecule has 0 spiro atoms. The number of carbonyl (C=O) groups excluding carboxylic acids is 1. The minimum Gasteiger partial charge on any atom is -0.383 e. The van der Waals surface area contributed by atoms with Gasteiger partial charge in [-0.2, -0.15) is 0 Å². The van der Waals surface area contributed by atoms with E-state index in [0.29, 0.717) is 19.7 Å². The molecule has 0 aliphatic heterocycles. The lowest BCUT2D eigenvalue weighted by Crippen LogP contribution is -2.42. The van der Waals surface area contributed by atoms with Crippen molar-refractivity contribution in [2.24, 2.45) is 0 Å². The van der Waals surface area contributed by atoms with Crippen molar-refractivity contribution < 1.29 is 9.53 Å². The number of rotatable bonds is 7. The number of nitrogens with one attached hydrogen (secondary N) is 1. The Labute approximate surface area is 137 Å². The highest BCUT2D eigenvalue weighted by Gasteiger charge is 2.16. The molecule has 5 nitrogen and oxygen atoms in total. The van der Waals surface area contributed by atoms with Crippen molar-refractivity contribution >= 4 is 6.03 Å². The zero-order valence-electron chi connectivity index (χ0n) is 13.6. The van der Waals surface area contributed by atoms with E-state index in [1.807, 2.05) is 49.4 Å². The summed E-state index contributed by atoms with van der Waals surface area (Å²) in [5.74, 6) is 0. The summed E-state index contributed by atoms with van der Waals surface area (Å²) in [7, 11) is 1.64. The predicted octanol–water partition coefficient (Wildman–Crippen LogP) is 3.00. The summed E-state index contributed by atoms with van der Waals surface area (Å²) in [5.41, 5.74) is 2.12. The van der Waals surface area contributed by atoms with E-state index in [0.717, 1.165) is 11.1 Å². The molecule has 0 radical (unpaired) electrons. The minimum absolute atomic E-state index is 0.0775. The second-order valence-electron chi connectivity index (χ2n) is 5.35. The fourth-order valence-corrected chi connectivity index (χ4v) is 2.27. The number of carbonyl (C=O) groups is 1. The molecule has 1 heterocycles. The van der Waals surface area contributed by atoms with Crippen LogP contribution in [0.5, 0.6) is 0 Å². The summed E-state index contributed by atoms with van der Waals surface area (Å²) in [6.45, 7) is 3.56. The molecule has 0 aliphatic carbocycles. The third-order valence-corrected chi connectivity index (χ3v) is 3.61. The van der Waals surface area contributed by atoms with Crippen LogP contribution >= 0.6 is 0 Å². The van der Waals surface area contributed by atoms with E-state index in [1.54, 1.807) is 24.4 Å². The van der Waals surface area contributed by atoms with Gasteiger partial charge < -0.3 is 15.0 Å². The molecule has 1 unspecified atom stereocenters. The number of amides is 2. The molecule has 2 amide bonds. The average molecular weight is 313 g/mol. The molecule has 1 N–H and O–H groups in total. The standard InChI is InChI=1S/C18H23N3O2/c1-15(17-8-10-19-11-9-17)20-18(22)21(12-13-23-2)14-16-6-4-3-5-7-16/h3-11,15H,12-14H2,1-2H3,(H,20,22). The van der Waals surface area contributed by atoms with E-state index >= 15 is 0 Å². The minimum atomic E-state index is -0.102. The molecule has 5 heteroatoms. The third-order valence-electron chi connectivity index (χ3n) is 3.61. The maximum absolute atomic E-state index is 12.6. The van der Waals surface area contributed by atoms with Gasteiger partial charge in [-0.1, -0.05) is 30.3 Å². The Balaban J connectivity index is 2.01. The lowest BCUT2D eigenvalue weighted by atomic mass is 10.1. The number of benzene rings is 1. The van der Waals surface area contributed by atoms with E-state index in [1.165, 1.54) is 0 Å². The summed E-state index contributed by atoms with van der Waals surface area (Å²) in [6.07, 6.45) is 3.45. The van der Waals surface area contributed by atoms with Crippen LogP contribution in [0.4, 0.5) is 4.79 Å². The van der Waals surface area contributed by atoms with E-state index in [2.05, 4.69) is 10.3 Å². The number of methoxy groups -OCH3 is 1. The summed E-state index contributed by atoms with van der Waals surface area (Å²) < 4.78 is 5.12. The van der Waals surface area contributed by atoms with Crippen molar-refractivity contribution in [3.63, 3.8) is 0 Å². The first-order chi connectivity index (χ1) is 11.2.